The van der Waals surface area contributed by atoms with Gasteiger partial charge in [-0.15, -0.1) is 0 Å². The molecule has 0 unspecified atom stereocenters. The monoisotopic (exact) mass is 400 g/mol. The van der Waals surface area contributed by atoms with Crippen molar-refractivity contribution in [2.24, 2.45) is 5.73 Å². The highest BCUT2D eigenvalue weighted by molar-refractivity contribution is 6.04. The molecule has 6 nitrogen and oxygen atoms in total. The Morgan fingerprint density at radius 2 is 1.77 bits per heavy atom. The van der Waals surface area contributed by atoms with Crippen molar-refractivity contribution in [3.8, 4) is 0 Å². The molecule has 0 saturated heterocycles. The van der Waals surface area contributed by atoms with E-state index in [2.05, 4.69) is 21.7 Å². The molecule has 30 heavy (non-hydrogen) atoms. The van der Waals surface area contributed by atoms with Crippen molar-refractivity contribution >= 4 is 17.5 Å². The zero-order valence-corrected chi connectivity index (χ0v) is 16.5. The summed E-state index contributed by atoms with van der Waals surface area (Å²) in [6, 6.07) is 18.3. The van der Waals surface area contributed by atoms with Gasteiger partial charge in [0, 0.05) is 36.2 Å². The smallest absolute Gasteiger partial charge is 0.255 e. The fourth-order valence-corrected chi connectivity index (χ4v) is 3.80. The molecule has 0 radical (unpaired) electrons. The molecule has 0 saturated carbocycles. The van der Waals surface area contributed by atoms with Gasteiger partial charge in [-0.2, -0.15) is 0 Å². The summed E-state index contributed by atoms with van der Waals surface area (Å²) in [5.41, 5.74) is 10.7. The van der Waals surface area contributed by atoms with Crippen LogP contribution in [0.5, 0.6) is 0 Å². The first kappa shape index (κ1) is 19.8. The van der Waals surface area contributed by atoms with Gasteiger partial charge < -0.3 is 16.4 Å². The molecule has 4 rings (SSSR count). The molecule has 1 aromatic heterocycles. The molecule has 1 aliphatic carbocycles. The van der Waals surface area contributed by atoms with Crippen LogP contribution >= 0.6 is 0 Å². The number of hydrogen-bond donors (Lipinski definition) is 3. The Morgan fingerprint density at radius 3 is 2.53 bits per heavy atom. The van der Waals surface area contributed by atoms with Gasteiger partial charge in [0.05, 0.1) is 5.92 Å². The van der Waals surface area contributed by atoms with Gasteiger partial charge in [0.1, 0.15) is 0 Å². The van der Waals surface area contributed by atoms with Crippen LogP contribution in [0.15, 0.2) is 73.1 Å². The van der Waals surface area contributed by atoms with Crippen LogP contribution in [0.4, 0.5) is 5.69 Å². The lowest BCUT2D eigenvalue weighted by Crippen LogP contribution is -2.34. The van der Waals surface area contributed by atoms with Gasteiger partial charge in [-0.05, 0) is 53.8 Å². The minimum atomic E-state index is -0.345. The van der Waals surface area contributed by atoms with Crippen molar-refractivity contribution in [3.05, 3.63) is 95.3 Å². The molecular formula is C24H24N4O2. The quantitative estimate of drug-likeness (QED) is 0.592. The number of amides is 2. The van der Waals surface area contributed by atoms with Crippen LogP contribution in [-0.2, 0) is 11.2 Å². The summed E-state index contributed by atoms with van der Waals surface area (Å²) >= 11 is 0. The number of nitrogens with one attached hydrogen (secondary N) is 2. The first-order valence-corrected chi connectivity index (χ1v) is 10.0. The number of nitrogens with zero attached hydrogens (tertiary/aromatic N) is 1. The number of nitrogens with two attached hydrogens (primary N) is 1. The number of anilines is 1. The van der Waals surface area contributed by atoms with E-state index >= 15 is 0 Å². The Labute approximate surface area is 175 Å². The van der Waals surface area contributed by atoms with Crippen LogP contribution in [0.1, 0.15) is 45.4 Å². The Balaban J connectivity index is 1.32. The molecule has 6 heteroatoms. The summed E-state index contributed by atoms with van der Waals surface area (Å²) < 4.78 is 0. The van der Waals surface area contributed by atoms with Crippen molar-refractivity contribution in [2.45, 2.75) is 24.8 Å². The topological polar surface area (TPSA) is 97.1 Å². The SMILES string of the molecule is N[C@@H](CNC(=O)[C@H]1CCc2ccccc21)c1ccc(C(=O)Nc2ccncc2)cc1. The average molecular weight is 400 g/mol. The lowest BCUT2D eigenvalue weighted by molar-refractivity contribution is -0.122. The van der Waals surface area contributed by atoms with E-state index in [1.165, 1.54) is 5.56 Å². The van der Waals surface area contributed by atoms with Gasteiger partial charge in [-0.1, -0.05) is 36.4 Å². The van der Waals surface area contributed by atoms with Crippen molar-refractivity contribution in [1.29, 1.82) is 0 Å². The van der Waals surface area contributed by atoms with Crippen LogP contribution in [0.2, 0.25) is 0 Å². The first-order chi connectivity index (χ1) is 14.6. The maximum absolute atomic E-state index is 12.6. The highest BCUT2D eigenvalue weighted by Gasteiger charge is 2.28. The zero-order valence-electron chi connectivity index (χ0n) is 16.5. The van der Waals surface area contributed by atoms with Crippen LogP contribution in [-0.4, -0.2) is 23.3 Å². The van der Waals surface area contributed by atoms with E-state index in [0.29, 0.717) is 17.8 Å². The minimum Gasteiger partial charge on any atom is -0.354 e. The molecule has 0 aliphatic heterocycles. The summed E-state index contributed by atoms with van der Waals surface area (Å²) in [4.78, 5) is 28.9. The molecule has 2 amide bonds. The zero-order chi connectivity index (χ0) is 20.9. The molecule has 0 spiro atoms. The van der Waals surface area contributed by atoms with E-state index in [9.17, 15) is 9.59 Å². The molecule has 3 aromatic rings. The number of aromatic nitrogens is 1. The third-order valence-electron chi connectivity index (χ3n) is 5.48. The van der Waals surface area contributed by atoms with Crippen molar-refractivity contribution in [1.82, 2.24) is 10.3 Å². The van der Waals surface area contributed by atoms with Gasteiger partial charge in [-0.25, -0.2) is 0 Å². The maximum atomic E-state index is 12.6. The Kier molecular flexibility index (Phi) is 5.86. The predicted molar refractivity (Wildman–Crippen MR) is 116 cm³/mol. The van der Waals surface area contributed by atoms with Crippen LogP contribution in [0.3, 0.4) is 0 Å². The van der Waals surface area contributed by atoms with Gasteiger partial charge in [0.15, 0.2) is 0 Å². The number of carbonyl (C=O) groups is 2. The van der Waals surface area contributed by atoms with E-state index in [-0.39, 0.29) is 23.8 Å². The van der Waals surface area contributed by atoms with E-state index in [1.54, 1.807) is 36.7 Å². The Bertz CT molecular complexity index is 1030. The second-order valence-corrected chi connectivity index (χ2v) is 7.45. The predicted octanol–water partition coefficient (Wildman–Crippen LogP) is 3.18. The molecule has 2 aromatic carbocycles. The average Bonchev–Trinajstić information content (AvgIpc) is 3.22. The fourth-order valence-electron chi connectivity index (χ4n) is 3.80. The molecule has 152 valence electrons. The summed E-state index contributed by atoms with van der Waals surface area (Å²) in [5, 5.41) is 5.80. The second-order valence-electron chi connectivity index (χ2n) is 7.45. The number of pyridine rings is 1. The summed E-state index contributed by atoms with van der Waals surface area (Å²) in [6.45, 7) is 0.347. The summed E-state index contributed by atoms with van der Waals surface area (Å²) in [6.07, 6.45) is 5.01. The highest BCUT2D eigenvalue weighted by atomic mass is 16.2. The number of carbonyl (C=O) groups excluding carboxylic acids is 2. The van der Waals surface area contributed by atoms with Crippen LogP contribution < -0.4 is 16.4 Å². The number of fused-ring (bicyclic) bond motifs is 1. The molecule has 1 aliphatic rings. The molecule has 4 N–H and O–H groups in total. The summed E-state index contributed by atoms with van der Waals surface area (Å²) in [7, 11) is 0. The Morgan fingerprint density at radius 1 is 1.03 bits per heavy atom. The summed E-state index contributed by atoms with van der Waals surface area (Å²) in [5.74, 6) is -0.286. The van der Waals surface area contributed by atoms with Crippen LogP contribution in [0.25, 0.3) is 0 Å². The van der Waals surface area contributed by atoms with Gasteiger partial charge in [-0.3, -0.25) is 14.6 Å². The van der Waals surface area contributed by atoms with Crippen molar-refractivity contribution in [3.63, 3.8) is 0 Å². The van der Waals surface area contributed by atoms with E-state index in [1.807, 2.05) is 30.3 Å². The largest absolute Gasteiger partial charge is 0.354 e. The lowest BCUT2D eigenvalue weighted by atomic mass is 10.00. The van der Waals surface area contributed by atoms with Crippen molar-refractivity contribution in [2.75, 3.05) is 11.9 Å². The van der Waals surface area contributed by atoms with Gasteiger partial charge in [0.2, 0.25) is 5.91 Å². The number of rotatable bonds is 6. The standard InChI is InChI=1S/C24H24N4O2/c25-22(15-27-24(30)21-10-9-16-3-1-2-4-20(16)21)17-5-7-18(8-6-17)23(29)28-19-11-13-26-14-12-19/h1-8,11-14,21-22H,9-10,15,25H2,(H,27,30)(H,26,28,29)/t21-,22-/m0/s1. The number of aryl methyl sites for hydroxylation is 1. The molecule has 0 bridgehead atoms. The fraction of sp³-hybridized carbons (Fsp3) is 0.208. The highest BCUT2D eigenvalue weighted by Crippen LogP contribution is 2.32. The van der Waals surface area contributed by atoms with Crippen molar-refractivity contribution < 1.29 is 9.59 Å². The maximum Gasteiger partial charge on any atom is 0.255 e. The molecule has 2 atom stereocenters. The van der Waals surface area contributed by atoms with E-state index in [4.69, 9.17) is 5.73 Å². The minimum absolute atomic E-state index is 0.0174. The van der Waals surface area contributed by atoms with Gasteiger partial charge in [0.25, 0.3) is 5.91 Å². The lowest BCUT2D eigenvalue weighted by Gasteiger charge is -2.17. The number of hydrogen-bond acceptors (Lipinski definition) is 4. The molecule has 0 fully saturated rings. The third-order valence-corrected chi connectivity index (χ3v) is 5.48. The molecule has 1 heterocycles. The molecular weight excluding hydrogens is 376 g/mol. The van der Waals surface area contributed by atoms with E-state index < -0.39 is 0 Å². The Hall–Kier alpha value is -3.51. The second kappa shape index (κ2) is 8.88. The van der Waals surface area contributed by atoms with Crippen LogP contribution in [0, 0.1) is 0 Å². The van der Waals surface area contributed by atoms with Gasteiger partial charge >= 0.3 is 0 Å². The third kappa shape index (κ3) is 4.39. The normalized spacial score (nSPS) is 15.8. The number of benzene rings is 2. The van der Waals surface area contributed by atoms with E-state index in [0.717, 1.165) is 24.0 Å². The first-order valence-electron chi connectivity index (χ1n) is 10.0.